The number of aromatic nitrogens is 5. The first-order valence-electron chi connectivity index (χ1n) is 13.2. The summed E-state index contributed by atoms with van der Waals surface area (Å²) >= 11 is 6.34. The summed E-state index contributed by atoms with van der Waals surface area (Å²) in [6.45, 7) is 8.47. The number of rotatable bonds is 8. The van der Waals surface area contributed by atoms with Crippen molar-refractivity contribution in [1.82, 2.24) is 24.9 Å². The first-order chi connectivity index (χ1) is 18.6. The Morgan fingerprint density at radius 1 is 1.10 bits per heavy atom. The van der Waals surface area contributed by atoms with Crippen molar-refractivity contribution in [2.75, 3.05) is 4.90 Å². The quantitative estimate of drug-likeness (QED) is 0.244. The molecule has 3 aromatic heterocycles. The number of halogens is 1. The Bertz CT molecular complexity index is 1640. The van der Waals surface area contributed by atoms with Crippen LogP contribution in [0.1, 0.15) is 43.7 Å². The van der Waals surface area contributed by atoms with Crippen molar-refractivity contribution in [3.05, 3.63) is 76.9 Å². The van der Waals surface area contributed by atoms with Gasteiger partial charge in [0.15, 0.2) is 5.82 Å². The van der Waals surface area contributed by atoms with Gasteiger partial charge >= 0.3 is 0 Å². The topological polar surface area (TPSA) is 93.1 Å². The largest absolute Gasteiger partial charge is 0.389 e. The highest BCUT2D eigenvalue weighted by atomic mass is 35.5. The highest BCUT2D eigenvalue weighted by molar-refractivity contribution is 6.30. The lowest BCUT2D eigenvalue weighted by Crippen LogP contribution is -2.26. The van der Waals surface area contributed by atoms with Crippen LogP contribution in [0.25, 0.3) is 33.4 Å². The summed E-state index contributed by atoms with van der Waals surface area (Å²) in [7, 11) is 0. The van der Waals surface area contributed by atoms with E-state index in [1.54, 1.807) is 24.7 Å². The maximum Gasteiger partial charge on any atom is 0.165 e. The normalized spacial score (nSPS) is 13.8. The van der Waals surface area contributed by atoms with E-state index in [1.807, 2.05) is 44.3 Å². The van der Waals surface area contributed by atoms with Gasteiger partial charge in [-0.15, -0.1) is 0 Å². The summed E-state index contributed by atoms with van der Waals surface area (Å²) in [6.07, 6.45) is 5.86. The molecule has 200 valence electrons. The van der Waals surface area contributed by atoms with Gasteiger partial charge in [-0.2, -0.15) is 5.10 Å². The average Bonchev–Trinajstić information content (AvgIpc) is 3.53. The molecule has 0 bridgehead atoms. The predicted molar refractivity (Wildman–Crippen MR) is 153 cm³/mol. The second kappa shape index (κ2) is 9.77. The first-order valence-corrected chi connectivity index (χ1v) is 13.5. The molecule has 8 nitrogen and oxygen atoms in total. The van der Waals surface area contributed by atoms with Crippen LogP contribution < -0.4 is 4.90 Å². The summed E-state index contributed by atoms with van der Waals surface area (Å²) in [5.74, 6) is 2.26. The van der Waals surface area contributed by atoms with Crippen LogP contribution in [0.5, 0.6) is 0 Å². The third kappa shape index (κ3) is 5.40. The molecule has 0 spiro atoms. The van der Waals surface area contributed by atoms with Gasteiger partial charge in [-0.05, 0) is 75.9 Å². The molecule has 1 saturated carbocycles. The lowest BCUT2D eigenvalue weighted by molar-refractivity contribution is 0.0577. The molecule has 0 unspecified atom stereocenters. The highest BCUT2D eigenvalue weighted by Crippen LogP contribution is 2.39. The van der Waals surface area contributed by atoms with Crippen LogP contribution in [-0.2, 0) is 13.1 Å². The van der Waals surface area contributed by atoms with Crippen molar-refractivity contribution in [3.63, 3.8) is 0 Å². The molecule has 39 heavy (non-hydrogen) atoms. The van der Waals surface area contributed by atoms with Crippen LogP contribution in [0.3, 0.4) is 0 Å². The number of nitrogens with zero attached hydrogens (tertiary/aromatic N) is 6. The van der Waals surface area contributed by atoms with Crippen LogP contribution >= 0.6 is 11.6 Å². The Morgan fingerprint density at radius 3 is 2.62 bits per heavy atom. The molecular weight excluding hydrogens is 512 g/mol. The molecule has 1 aliphatic rings. The van der Waals surface area contributed by atoms with E-state index in [4.69, 9.17) is 26.1 Å². The molecule has 0 atom stereocenters. The number of hydrogen-bond donors (Lipinski definition) is 1. The Labute approximate surface area is 232 Å². The van der Waals surface area contributed by atoms with Crippen molar-refractivity contribution in [1.29, 1.82) is 0 Å². The second-order valence-electron chi connectivity index (χ2n) is 11.0. The third-order valence-electron chi connectivity index (χ3n) is 6.94. The Balaban J connectivity index is 1.51. The summed E-state index contributed by atoms with van der Waals surface area (Å²) in [5, 5.41) is 20.6. The van der Waals surface area contributed by atoms with Crippen LogP contribution in [-0.4, -0.2) is 41.7 Å². The summed E-state index contributed by atoms with van der Waals surface area (Å²) in [4.78, 5) is 12.5. The molecule has 0 aliphatic heterocycles. The van der Waals surface area contributed by atoms with Crippen LogP contribution in [0.15, 0.2) is 59.4 Å². The van der Waals surface area contributed by atoms with Crippen molar-refractivity contribution in [2.24, 2.45) is 0 Å². The summed E-state index contributed by atoms with van der Waals surface area (Å²) in [5.41, 5.74) is 4.76. The van der Waals surface area contributed by atoms with E-state index in [0.717, 1.165) is 68.3 Å². The monoisotopic (exact) mass is 542 g/mol. The van der Waals surface area contributed by atoms with Gasteiger partial charge in [0.1, 0.15) is 11.6 Å². The molecule has 2 aromatic carbocycles. The average molecular weight is 543 g/mol. The molecule has 1 aliphatic carbocycles. The molecule has 1 N–H and O–H groups in total. The molecule has 0 saturated heterocycles. The van der Waals surface area contributed by atoms with Crippen molar-refractivity contribution >= 4 is 28.3 Å². The number of hydrogen-bond acceptors (Lipinski definition) is 7. The summed E-state index contributed by atoms with van der Waals surface area (Å²) < 4.78 is 7.19. The Hall–Kier alpha value is -3.75. The zero-order chi connectivity index (χ0) is 27.3. The van der Waals surface area contributed by atoms with E-state index in [2.05, 4.69) is 33.4 Å². The van der Waals surface area contributed by atoms with Gasteiger partial charge in [0, 0.05) is 34.8 Å². The number of anilines is 1. The van der Waals surface area contributed by atoms with Crippen LogP contribution in [0.2, 0.25) is 5.02 Å². The number of aryl methyl sites for hydroxylation is 2. The first kappa shape index (κ1) is 25.5. The molecule has 3 heterocycles. The fourth-order valence-corrected chi connectivity index (χ4v) is 5.28. The molecule has 5 aromatic rings. The number of fused-ring (bicyclic) bond motifs is 1. The van der Waals surface area contributed by atoms with Gasteiger partial charge < -0.3 is 14.5 Å². The van der Waals surface area contributed by atoms with Gasteiger partial charge in [-0.1, -0.05) is 35.0 Å². The summed E-state index contributed by atoms with van der Waals surface area (Å²) in [6, 6.07) is 14.6. The van der Waals surface area contributed by atoms with Gasteiger partial charge in [-0.25, -0.2) is 9.97 Å². The minimum absolute atomic E-state index is 0.372. The van der Waals surface area contributed by atoms with Crippen molar-refractivity contribution < 1.29 is 9.63 Å². The Morgan fingerprint density at radius 2 is 1.92 bits per heavy atom. The van der Waals surface area contributed by atoms with E-state index in [-0.39, 0.29) is 0 Å². The minimum atomic E-state index is -0.882. The van der Waals surface area contributed by atoms with E-state index in [0.29, 0.717) is 25.0 Å². The minimum Gasteiger partial charge on any atom is -0.389 e. The molecular formula is C30H31ClN6O2. The standard InChI is InChI=1S/C30H31ClN6O2/c1-18-27(19(2)39-35-18)21-8-11-26-25(13-21)29(37(24-9-10-24)15-20-6-5-7-23(31)12-20)34-28(33-26)22-14-32-36(16-22)17-30(3,4)38/h5-8,11-14,16,24,38H,9-10,15,17H2,1-4H3. The zero-order valence-electron chi connectivity index (χ0n) is 22.5. The van der Waals surface area contributed by atoms with Gasteiger partial charge in [0.2, 0.25) is 0 Å². The van der Waals surface area contributed by atoms with Crippen molar-refractivity contribution in [2.45, 2.75) is 65.3 Å². The maximum atomic E-state index is 10.3. The van der Waals surface area contributed by atoms with Gasteiger partial charge in [0.25, 0.3) is 0 Å². The van der Waals surface area contributed by atoms with Gasteiger partial charge in [0.05, 0.1) is 35.1 Å². The van der Waals surface area contributed by atoms with E-state index < -0.39 is 5.60 Å². The lowest BCUT2D eigenvalue weighted by atomic mass is 10.0. The smallest absolute Gasteiger partial charge is 0.165 e. The Kier molecular flexibility index (Phi) is 6.40. The number of aliphatic hydroxyl groups is 1. The number of benzene rings is 2. The third-order valence-corrected chi connectivity index (χ3v) is 7.17. The molecule has 6 rings (SSSR count). The molecule has 1 fully saturated rings. The SMILES string of the molecule is Cc1noc(C)c1-c1ccc2nc(-c3cnn(CC(C)(C)O)c3)nc(N(Cc3cccc(Cl)c3)C3CC3)c2c1. The highest BCUT2D eigenvalue weighted by Gasteiger charge is 2.32. The van der Waals surface area contributed by atoms with E-state index in [1.165, 1.54) is 0 Å². The van der Waals surface area contributed by atoms with Gasteiger partial charge in [-0.3, -0.25) is 4.68 Å². The zero-order valence-corrected chi connectivity index (χ0v) is 23.3. The van der Waals surface area contributed by atoms with Crippen LogP contribution in [0, 0.1) is 13.8 Å². The maximum absolute atomic E-state index is 10.3. The fourth-order valence-electron chi connectivity index (χ4n) is 5.07. The molecule has 0 radical (unpaired) electrons. The molecule has 0 amide bonds. The molecule has 9 heteroatoms. The van der Waals surface area contributed by atoms with E-state index in [9.17, 15) is 5.11 Å². The van der Waals surface area contributed by atoms with Crippen LogP contribution in [0.4, 0.5) is 5.82 Å². The van der Waals surface area contributed by atoms with E-state index >= 15 is 0 Å². The van der Waals surface area contributed by atoms with Crippen molar-refractivity contribution in [3.8, 4) is 22.5 Å². The lowest BCUT2D eigenvalue weighted by Gasteiger charge is -2.26. The fraction of sp³-hybridized carbons (Fsp3) is 0.333. The predicted octanol–water partition coefficient (Wildman–Crippen LogP) is 6.36. The second-order valence-corrected chi connectivity index (χ2v) is 11.5.